The molecule has 114 valence electrons. The van der Waals surface area contributed by atoms with Crippen LogP contribution in [-0.2, 0) is 30.7 Å². The standard InChI is InChI=1S/C6H12N2.C4H6O6.Pt/c7-5-3-1-2-4-6(5)8;5-1(3(7)8)2(6)4(9)10;/h5-8H,1-4H2;1-2,5-6H,(H,7,8)(H,9,10);/q-2;;+2. The molecule has 1 saturated carbocycles. The van der Waals surface area contributed by atoms with Crippen LogP contribution in [0.25, 0.3) is 11.5 Å². The fraction of sp³-hybridized carbons (Fsp3) is 0.800. The Kier molecular flexibility index (Phi) is 11.2. The molecule has 1 aliphatic carbocycles. The third-order valence-corrected chi connectivity index (χ3v) is 2.57. The minimum atomic E-state index is -2.27. The third-order valence-electron chi connectivity index (χ3n) is 2.57. The average molecular weight is 457 g/mol. The molecular weight excluding hydrogens is 439 g/mol. The number of hydrogen-bond donors (Lipinski definition) is 4. The first-order chi connectivity index (χ1) is 8.27. The Morgan fingerprint density at radius 2 is 1.16 bits per heavy atom. The second kappa shape index (κ2) is 10.3. The molecule has 8 nitrogen and oxygen atoms in total. The van der Waals surface area contributed by atoms with Gasteiger partial charge in [0, 0.05) is 0 Å². The molecule has 9 heteroatoms. The number of hydrogen-bond acceptors (Lipinski definition) is 4. The van der Waals surface area contributed by atoms with E-state index in [9.17, 15) is 9.59 Å². The van der Waals surface area contributed by atoms with Gasteiger partial charge in [-0.3, -0.25) is 0 Å². The molecule has 1 fully saturated rings. The van der Waals surface area contributed by atoms with E-state index in [0.29, 0.717) is 0 Å². The Labute approximate surface area is 125 Å². The van der Waals surface area contributed by atoms with Crippen molar-refractivity contribution in [1.82, 2.24) is 0 Å². The number of carboxylic acid groups (broad SMARTS) is 2. The first-order valence-electron chi connectivity index (χ1n) is 5.51. The zero-order valence-corrected chi connectivity index (χ0v) is 12.3. The molecule has 1 rings (SSSR count). The van der Waals surface area contributed by atoms with Crippen molar-refractivity contribution >= 4 is 11.9 Å². The van der Waals surface area contributed by atoms with E-state index in [0.717, 1.165) is 12.8 Å². The van der Waals surface area contributed by atoms with Crippen molar-refractivity contribution in [3.05, 3.63) is 11.5 Å². The Hall–Kier alpha value is -0.532. The van der Waals surface area contributed by atoms with Crippen molar-refractivity contribution in [3.63, 3.8) is 0 Å². The first-order valence-corrected chi connectivity index (χ1v) is 5.51. The van der Waals surface area contributed by atoms with Gasteiger partial charge in [-0.05, 0) is 0 Å². The molecular formula is C10H18N2O6Pt. The zero-order chi connectivity index (χ0) is 14.3. The van der Waals surface area contributed by atoms with Crippen molar-refractivity contribution in [2.24, 2.45) is 0 Å². The molecule has 0 bridgehead atoms. The van der Waals surface area contributed by atoms with E-state index in [1.54, 1.807) is 0 Å². The summed E-state index contributed by atoms with van der Waals surface area (Å²) in [6.07, 6.45) is -0.287. The first kappa shape index (κ1) is 20.8. The van der Waals surface area contributed by atoms with Gasteiger partial charge in [0.25, 0.3) is 0 Å². The van der Waals surface area contributed by atoms with Crippen LogP contribution in [0.3, 0.4) is 0 Å². The SMILES string of the molecule is O=C(O)C(O)C(O)C(=O)O.[NH-]C1CCCCC1[NH-].[Pt+2]. The van der Waals surface area contributed by atoms with Crippen LogP contribution in [-0.4, -0.2) is 56.7 Å². The fourth-order valence-corrected chi connectivity index (χ4v) is 1.40. The third kappa shape index (κ3) is 8.28. The second-order valence-electron chi connectivity index (χ2n) is 4.06. The molecule has 6 N–H and O–H groups in total. The van der Waals surface area contributed by atoms with Crippen molar-refractivity contribution in [2.75, 3.05) is 0 Å². The maximum atomic E-state index is 9.77. The molecule has 4 unspecified atom stereocenters. The molecule has 0 amide bonds. The molecule has 0 spiro atoms. The van der Waals surface area contributed by atoms with Crippen LogP contribution in [0.4, 0.5) is 0 Å². The van der Waals surface area contributed by atoms with E-state index in [2.05, 4.69) is 0 Å². The van der Waals surface area contributed by atoms with Gasteiger partial charge in [0.1, 0.15) is 0 Å². The molecule has 0 aromatic carbocycles. The van der Waals surface area contributed by atoms with Crippen LogP contribution in [0.2, 0.25) is 0 Å². The van der Waals surface area contributed by atoms with E-state index < -0.39 is 24.1 Å². The predicted octanol–water partition coefficient (Wildman–Crippen LogP) is 0.277. The largest absolute Gasteiger partial charge is 2.00 e. The number of carboxylic acids is 2. The monoisotopic (exact) mass is 457 g/mol. The molecule has 0 saturated heterocycles. The van der Waals surface area contributed by atoms with Gasteiger partial charge in [0.2, 0.25) is 0 Å². The van der Waals surface area contributed by atoms with Crippen molar-refractivity contribution in [3.8, 4) is 0 Å². The quantitative estimate of drug-likeness (QED) is 0.476. The van der Waals surface area contributed by atoms with Crippen LogP contribution < -0.4 is 0 Å². The summed E-state index contributed by atoms with van der Waals surface area (Å²) in [6.45, 7) is 0. The molecule has 0 aromatic rings. The van der Waals surface area contributed by atoms with Crippen molar-refractivity contribution < 1.29 is 51.1 Å². The number of nitrogens with one attached hydrogen (secondary N) is 2. The maximum absolute atomic E-state index is 9.77. The molecule has 0 aromatic heterocycles. The van der Waals surface area contributed by atoms with Gasteiger partial charge < -0.3 is 31.9 Å². The number of aliphatic carboxylic acids is 2. The van der Waals surface area contributed by atoms with E-state index in [1.165, 1.54) is 12.8 Å². The average Bonchev–Trinajstić information content (AvgIpc) is 2.31. The van der Waals surface area contributed by atoms with Crippen molar-refractivity contribution in [1.29, 1.82) is 0 Å². The summed E-state index contributed by atoms with van der Waals surface area (Å²) in [5, 5.41) is 32.5. The van der Waals surface area contributed by atoms with Crippen molar-refractivity contribution in [2.45, 2.75) is 50.0 Å². The zero-order valence-electron chi connectivity index (χ0n) is 10.1. The second-order valence-corrected chi connectivity index (χ2v) is 4.06. The number of carbonyl (C=O) groups is 2. The summed E-state index contributed by atoms with van der Waals surface area (Å²) in [5.41, 5.74) is 14.6. The van der Waals surface area contributed by atoms with Gasteiger partial charge in [0.15, 0.2) is 12.2 Å². The molecule has 4 atom stereocenters. The normalized spacial score (nSPS) is 25.1. The molecule has 0 radical (unpaired) electrons. The fourth-order valence-electron chi connectivity index (χ4n) is 1.40. The van der Waals surface area contributed by atoms with E-state index in [4.69, 9.17) is 31.9 Å². The summed E-state index contributed by atoms with van der Waals surface area (Å²) >= 11 is 0. The van der Waals surface area contributed by atoms with Gasteiger partial charge >= 0.3 is 33.0 Å². The summed E-state index contributed by atoms with van der Waals surface area (Å²) in [7, 11) is 0. The number of rotatable bonds is 3. The molecule has 0 heterocycles. The van der Waals surface area contributed by atoms with Crippen LogP contribution >= 0.6 is 0 Å². The molecule has 19 heavy (non-hydrogen) atoms. The molecule has 0 aliphatic heterocycles. The van der Waals surface area contributed by atoms with Gasteiger partial charge in [-0.15, -0.1) is 0 Å². The topological polar surface area (TPSA) is 163 Å². The Bertz CT molecular complexity index is 263. The van der Waals surface area contributed by atoms with Gasteiger partial charge in [0.05, 0.1) is 0 Å². The van der Waals surface area contributed by atoms with E-state index in [1.807, 2.05) is 0 Å². The van der Waals surface area contributed by atoms with Crippen LogP contribution in [0, 0.1) is 0 Å². The minimum absolute atomic E-state index is 0. The van der Waals surface area contributed by atoms with Crippen LogP contribution in [0.1, 0.15) is 25.7 Å². The Balaban J connectivity index is 0. The predicted molar refractivity (Wildman–Crippen MR) is 62.0 cm³/mol. The Morgan fingerprint density at radius 1 is 0.895 bits per heavy atom. The Morgan fingerprint density at radius 3 is 1.32 bits per heavy atom. The number of aliphatic hydroxyl groups excluding tert-OH is 2. The summed E-state index contributed by atoms with van der Waals surface area (Å²) < 4.78 is 0. The van der Waals surface area contributed by atoms with E-state index >= 15 is 0 Å². The van der Waals surface area contributed by atoms with Crippen LogP contribution in [0.5, 0.6) is 0 Å². The van der Waals surface area contributed by atoms with Gasteiger partial charge in [-0.1, -0.05) is 25.7 Å². The minimum Gasteiger partial charge on any atom is -0.676 e. The smallest absolute Gasteiger partial charge is 0.676 e. The van der Waals surface area contributed by atoms with Crippen LogP contribution in [0.15, 0.2) is 0 Å². The maximum Gasteiger partial charge on any atom is 2.00 e. The number of aliphatic hydroxyl groups is 2. The van der Waals surface area contributed by atoms with Gasteiger partial charge in [-0.2, -0.15) is 12.1 Å². The summed E-state index contributed by atoms with van der Waals surface area (Å²) in [6, 6.07) is -0.160. The van der Waals surface area contributed by atoms with E-state index in [-0.39, 0.29) is 33.1 Å². The summed E-state index contributed by atoms with van der Waals surface area (Å²) in [5.74, 6) is -3.54. The van der Waals surface area contributed by atoms with Gasteiger partial charge in [-0.25, -0.2) is 9.59 Å². The summed E-state index contributed by atoms with van der Waals surface area (Å²) in [4.78, 5) is 19.5. The molecule has 1 aliphatic rings.